The summed E-state index contributed by atoms with van der Waals surface area (Å²) in [6, 6.07) is 11.0. The van der Waals surface area contributed by atoms with E-state index in [1.54, 1.807) is 18.2 Å². The standard InChI is InChI=1S/C17H16N4O3/c22-17(12-6-7-13-14(10-12)24-11-23-13)18-8-3-5-16-20-19-15-4-1-2-9-21(15)16/h1-2,4,6-7,9-10H,3,5,8,11H2,(H,18,22). The Morgan fingerprint density at radius 2 is 2.08 bits per heavy atom. The van der Waals surface area contributed by atoms with Crippen LogP contribution in [0.5, 0.6) is 11.5 Å². The van der Waals surface area contributed by atoms with Crippen molar-refractivity contribution in [3.63, 3.8) is 0 Å². The minimum Gasteiger partial charge on any atom is -0.454 e. The van der Waals surface area contributed by atoms with E-state index in [1.807, 2.05) is 28.8 Å². The number of hydrogen-bond acceptors (Lipinski definition) is 5. The lowest BCUT2D eigenvalue weighted by Crippen LogP contribution is -2.24. The zero-order valence-corrected chi connectivity index (χ0v) is 12.9. The van der Waals surface area contributed by atoms with E-state index >= 15 is 0 Å². The van der Waals surface area contributed by atoms with E-state index in [2.05, 4.69) is 15.5 Å². The van der Waals surface area contributed by atoms with Crippen LogP contribution in [0.15, 0.2) is 42.6 Å². The molecule has 0 saturated carbocycles. The molecule has 4 rings (SSSR count). The smallest absolute Gasteiger partial charge is 0.251 e. The van der Waals surface area contributed by atoms with Gasteiger partial charge in [0.15, 0.2) is 17.1 Å². The number of rotatable bonds is 5. The Kier molecular flexibility index (Phi) is 3.74. The van der Waals surface area contributed by atoms with Crippen LogP contribution in [-0.4, -0.2) is 33.8 Å². The fraction of sp³-hybridized carbons (Fsp3) is 0.235. The lowest BCUT2D eigenvalue weighted by atomic mass is 10.2. The number of carbonyl (C=O) groups is 1. The second kappa shape index (κ2) is 6.19. The Hall–Kier alpha value is -3.09. The number of nitrogens with zero attached hydrogens (tertiary/aromatic N) is 3. The maximum Gasteiger partial charge on any atom is 0.251 e. The molecule has 1 amide bonds. The molecule has 122 valence electrons. The average molecular weight is 324 g/mol. The van der Waals surface area contributed by atoms with Gasteiger partial charge < -0.3 is 14.8 Å². The first-order chi connectivity index (χ1) is 11.8. The summed E-state index contributed by atoms with van der Waals surface area (Å²) in [4.78, 5) is 12.2. The highest BCUT2D eigenvalue weighted by Gasteiger charge is 2.16. The molecule has 1 aromatic carbocycles. The van der Waals surface area contributed by atoms with Gasteiger partial charge in [0.1, 0.15) is 5.82 Å². The number of amides is 1. The number of aryl methyl sites for hydroxylation is 1. The summed E-state index contributed by atoms with van der Waals surface area (Å²) in [5, 5.41) is 11.2. The molecule has 7 heteroatoms. The predicted molar refractivity (Wildman–Crippen MR) is 86.2 cm³/mol. The molecule has 0 bridgehead atoms. The molecule has 0 spiro atoms. The summed E-state index contributed by atoms with van der Waals surface area (Å²) in [5.74, 6) is 2.05. The minimum atomic E-state index is -0.126. The molecule has 0 fully saturated rings. The van der Waals surface area contributed by atoms with Crippen molar-refractivity contribution in [1.29, 1.82) is 0 Å². The number of aromatic nitrogens is 3. The fourth-order valence-corrected chi connectivity index (χ4v) is 2.65. The van der Waals surface area contributed by atoms with Crippen molar-refractivity contribution in [3.8, 4) is 11.5 Å². The van der Waals surface area contributed by atoms with Crippen molar-refractivity contribution in [2.75, 3.05) is 13.3 Å². The summed E-state index contributed by atoms with van der Waals surface area (Å²) in [5.41, 5.74) is 1.39. The molecule has 3 heterocycles. The molecule has 0 saturated heterocycles. The summed E-state index contributed by atoms with van der Waals surface area (Å²) in [6.07, 6.45) is 3.47. The molecule has 1 aliphatic heterocycles. The summed E-state index contributed by atoms with van der Waals surface area (Å²) in [7, 11) is 0. The average Bonchev–Trinajstić information content (AvgIpc) is 3.24. The molecule has 0 unspecified atom stereocenters. The largest absolute Gasteiger partial charge is 0.454 e. The van der Waals surface area contributed by atoms with Gasteiger partial charge in [0, 0.05) is 24.7 Å². The van der Waals surface area contributed by atoms with Crippen LogP contribution in [0.1, 0.15) is 22.6 Å². The van der Waals surface area contributed by atoms with E-state index in [9.17, 15) is 4.79 Å². The molecule has 1 aliphatic rings. The van der Waals surface area contributed by atoms with Crippen molar-refractivity contribution in [2.24, 2.45) is 0 Å². The van der Waals surface area contributed by atoms with Crippen LogP contribution >= 0.6 is 0 Å². The molecule has 2 aromatic heterocycles. The van der Waals surface area contributed by atoms with Crippen LogP contribution in [0.25, 0.3) is 5.65 Å². The SMILES string of the molecule is O=C(NCCCc1nnc2ccccn12)c1ccc2c(c1)OCO2. The van der Waals surface area contributed by atoms with Crippen LogP contribution < -0.4 is 14.8 Å². The third kappa shape index (κ3) is 2.76. The molecule has 24 heavy (non-hydrogen) atoms. The Morgan fingerprint density at radius 3 is 3.04 bits per heavy atom. The number of carbonyl (C=O) groups excluding carboxylic acids is 1. The van der Waals surface area contributed by atoms with Crippen molar-refractivity contribution >= 4 is 11.6 Å². The number of ether oxygens (including phenoxy) is 2. The Labute approximate surface area is 138 Å². The van der Waals surface area contributed by atoms with Gasteiger partial charge in [-0.2, -0.15) is 0 Å². The fourth-order valence-electron chi connectivity index (χ4n) is 2.65. The Bertz CT molecular complexity index is 890. The number of fused-ring (bicyclic) bond motifs is 2. The van der Waals surface area contributed by atoms with Crippen LogP contribution in [0.4, 0.5) is 0 Å². The van der Waals surface area contributed by atoms with Crippen LogP contribution in [0.3, 0.4) is 0 Å². The van der Waals surface area contributed by atoms with Gasteiger partial charge in [-0.3, -0.25) is 9.20 Å². The van der Waals surface area contributed by atoms with E-state index in [4.69, 9.17) is 9.47 Å². The van der Waals surface area contributed by atoms with Crippen LogP contribution in [-0.2, 0) is 6.42 Å². The van der Waals surface area contributed by atoms with Gasteiger partial charge in [-0.1, -0.05) is 6.07 Å². The third-order valence-electron chi connectivity index (χ3n) is 3.88. The van der Waals surface area contributed by atoms with Crippen molar-refractivity contribution in [3.05, 3.63) is 54.0 Å². The normalized spacial score (nSPS) is 12.5. The van der Waals surface area contributed by atoms with E-state index in [1.165, 1.54) is 0 Å². The summed E-state index contributed by atoms with van der Waals surface area (Å²) < 4.78 is 12.5. The topological polar surface area (TPSA) is 77.8 Å². The van der Waals surface area contributed by atoms with Gasteiger partial charge in [-0.25, -0.2) is 0 Å². The summed E-state index contributed by atoms with van der Waals surface area (Å²) >= 11 is 0. The number of pyridine rings is 1. The monoisotopic (exact) mass is 324 g/mol. The van der Waals surface area contributed by atoms with Crippen molar-refractivity contribution < 1.29 is 14.3 Å². The van der Waals surface area contributed by atoms with E-state index < -0.39 is 0 Å². The van der Waals surface area contributed by atoms with Crippen molar-refractivity contribution in [1.82, 2.24) is 19.9 Å². The Balaban J connectivity index is 1.32. The van der Waals surface area contributed by atoms with Gasteiger partial charge in [-0.15, -0.1) is 10.2 Å². The molecule has 7 nitrogen and oxygen atoms in total. The first-order valence-electron chi connectivity index (χ1n) is 7.78. The highest BCUT2D eigenvalue weighted by Crippen LogP contribution is 2.32. The minimum absolute atomic E-state index is 0.126. The maximum atomic E-state index is 12.2. The highest BCUT2D eigenvalue weighted by molar-refractivity contribution is 5.94. The quantitative estimate of drug-likeness (QED) is 0.724. The van der Waals surface area contributed by atoms with Gasteiger partial charge in [0.05, 0.1) is 0 Å². The van der Waals surface area contributed by atoms with Gasteiger partial charge >= 0.3 is 0 Å². The van der Waals surface area contributed by atoms with Crippen LogP contribution in [0.2, 0.25) is 0 Å². The Morgan fingerprint density at radius 1 is 1.17 bits per heavy atom. The van der Waals surface area contributed by atoms with Gasteiger partial charge in [0.25, 0.3) is 5.91 Å². The highest BCUT2D eigenvalue weighted by atomic mass is 16.7. The second-order valence-corrected chi connectivity index (χ2v) is 5.47. The van der Waals surface area contributed by atoms with Gasteiger partial charge in [0.2, 0.25) is 6.79 Å². The zero-order valence-electron chi connectivity index (χ0n) is 12.9. The van der Waals surface area contributed by atoms with Gasteiger partial charge in [-0.05, 0) is 36.8 Å². The number of hydrogen-bond donors (Lipinski definition) is 1. The van der Waals surface area contributed by atoms with E-state index in [-0.39, 0.29) is 12.7 Å². The molecule has 0 aliphatic carbocycles. The van der Waals surface area contributed by atoms with E-state index in [0.717, 1.165) is 24.3 Å². The predicted octanol–water partition coefficient (Wildman–Crippen LogP) is 1.82. The summed E-state index contributed by atoms with van der Waals surface area (Å²) in [6.45, 7) is 0.766. The van der Waals surface area contributed by atoms with E-state index in [0.29, 0.717) is 23.6 Å². The molecule has 0 radical (unpaired) electrons. The third-order valence-corrected chi connectivity index (χ3v) is 3.88. The molecule has 0 atom stereocenters. The lowest BCUT2D eigenvalue weighted by molar-refractivity contribution is 0.0952. The maximum absolute atomic E-state index is 12.2. The number of benzene rings is 1. The van der Waals surface area contributed by atoms with Crippen molar-refractivity contribution in [2.45, 2.75) is 12.8 Å². The first-order valence-corrected chi connectivity index (χ1v) is 7.78. The first kappa shape index (κ1) is 14.5. The lowest BCUT2D eigenvalue weighted by Gasteiger charge is -2.06. The number of nitrogens with one attached hydrogen (secondary N) is 1. The zero-order chi connectivity index (χ0) is 16.4. The molecular weight excluding hydrogens is 308 g/mol. The van der Waals surface area contributed by atoms with Crippen LogP contribution in [0, 0.1) is 0 Å². The second-order valence-electron chi connectivity index (χ2n) is 5.47. The molecular formula is C17H16N4O3. The molecule has 1 N–H and O–H groups in total. The molecule has 3 aromatic rings.